The summed E-state index contributed by atoms with van der Waals surface area (Å²) in [7, 11) is 0. The summed E-state index contributed by atoms with van der Waals surface area (Å²) in [5.41, 5.74) is 7.47. The summed E-state index contributed by atoms with van der Waals surface area (Å²) in [5.74, 6) is 2.61. The van der Waals surface area contributed by atoms with Gasteiger partial charge in [-0.15, -0.1) is 0 Å². The number of nitrogens with zero attached hydrogens (tertiary/aromatic N) is 2. The molecule has 4 nitrogen and oxygen atoms in total. The van der Waals surface area contributed by atoms with Gasteiger partial charge in [-0.1, -0.05) is 24.2 Å². The van der Waals surface area contributed by atoms with Crippen LogP contribution in [0.3, 0.4) is 0 Å². The van der Waals surface area contributed by atoms with Crippen molar-refractivity contribution in [2.24, 2.45) is 5.92 Å². The van der Waals surface area contributed by atoms with Gasteiger partial charge in [0.1, 0.15) is 0 Å². The number of benzene rings is 1. The summed E-state index contributed by atoms with van der Waals surface area (Å²) < 4.78 is 5.43. The van der Waals surface area contributed by atoms with E-state index in [9.17, 15) is 0 Å². The molecule has 1 aromatic heterocycles. The quantitative estimate of drug-likeness (QED) is 0.835. The van der Waals surface area contributed by atoms with Crippen LogP contribution in [-0.2, 0) is 0 Å². The van der Waals surface area contributed by atoms with Crippen molar-refractivity contribution in [1.29, 1.82) is 0 Å². The summed E-state index contributed by atoms with van der Waals surface area (Å²) >= 11 is 0. The normalized spacial score (nSPS) is 23.4. The van der Waals surface area contributed by atoms with Crippen LogP contribution in [-0.4, -0.2) is 10.1 Å². The first kappa shape index (κ1) is 12.2. The molecular weight excluding hydrogens is 238 g/mol. The molecule has 3 rings (SSSR count). The number of anilines is 1. The lowest BCUT2D eigenvalue weighted by Crippen LogP contribution is -2.11. The third kappa shape index (κ3) is 2.48. The van der Waals surface area contributed by atoms with Crippen LogP contribution < -0.4 is 5.73 Å². The Morgan fingerprint density at radius 3 is 2.63 bits per heavy atom. The number of aromatic nitrogens is 2. The van der Waals surface area contributed by atoms with E-state index < -0.39 is 0 Å². The second-order valence-electron chi connectivity index (χ2n) is 5.50. The van der Waals surface area contributed by atoms with Crippen LogP contribution in [0.15, 0.2) is 28.8 Å². The molecule has 0 saturated heterocycles. The van der Waals surface area contributed by atoms with Gasteiger partial charge >= 0.3 is 0 Å². The van der Waals surface area contributed by atoms with Crippen molar-refractivity contribution in [3.05, 3.63) is 30.2 Å². The fraction of sp³-hybridized carbons (Fsp3) is 0.467. The van der Waals surface area contributed by atoms with Gasteiger partial charge in [0.05, 0.1) is 0 Å². The fourth-order valence-electron chi connectivity index (χ4n) is 2.72. The SMILES string of the molecule is CC1CCC(c2nc(-c3ccccc3N)no2)CC1. The average Bonchev–Trinajstić information content (AvgIpc) is 2.89. The Morgan fingerprint density at radius 2 is 1.89 bits per heavy atom. The summed E-state index contributed by atoms with van der Waals surface area (Å²) in [6.45, 7) is 2.31. The number of nitrogen functional groups attached to an aromatic ring is 1. The van der Waals surface area contributed by atoms with Crippen LogP contribution in [0.2, 0.25) is 0 Å². The molecular formula is C15H19N3O. The van der Waals surface area contributed by atoms with Gasteiger partial charge in [0.2, 0.25) is 11.7 Å². The Morgan fingerprint density at radius 1 is 1.16 bits per heavy atom. The highest BCUT2D eigenvalue weighted by Gasteiger charge is 2.24. The summed E-state index contributed by atoms with van der Waals surface area (Å²) in [6.07, 6.45) is 4.78. The Kier molecular flexibility index (Phi) is 3.23. The van der Waals surface area contributed by atoms with Crippen molar-refractivity contribution < 1.29 is 4.52 Å². The topological polar surface area (TPSA) is 64.9 Å². The first-order valence-electron chi connectivity index (χ1n) is 6.92. The monoisotopic (exact) mass is 257 g/mol. The molecule has 2 N–H and O–H groups in total. The van der Waals surface area contributed by atoms with Crippen LogP contribution in [0.5, 0.6) is 0 Å². The smallest absolute Gasteiger partial charge is 0.230 e. The number of para-hydroxylation sites is 1. The van der Waals surface area contributed by atoms with Crippen LogP contribution in [0.4, 0.5) is 5.69 Å². The molecule has 0 spiro atoms. The van der Waals surface area contributed by atoms with Gasteiger partial charge in [-0.25, -0.2) is 0 Å². The fourth-order valence-corrected chi connectivity index (χ4v) is 2.72. The van der Waals surface area contributed by atoms with Gasteiger partial charge in [0, 0.05) is 17.2 Å². The zero-order valence-corrected chi connectivity index (χ0v) is 11.2. The molecule has 1 aromatic carbocycles. The zero-order valence-electron chi connectivity index (χ0n) is 11.2. The van der Waals surface area contributed by atoms with E-state index in [4.69, 9.17) is 10.3 Å². The summed E-state index contributed by atoms with van der Waals surface area (Å²) in [6, 6.07) is 7.62. The number of nitrogens with two attached hydrogens (primary N) is 1. The third-order valence-corrected chi connectivity index (χ3v) is 4.01. The van der Waals surface area contributed by atoms with Gasteiger partial charge in [-0.05, 0) is 43.7 Å². The van der Waals surface area contributed by atoms with Crippen LogP contribution >= 0.6 is 0 Å². The first-order valence-corrected chi connectivity index (χ1v) is 6.92. The van der Waals surface area contributed by atoms with Crippen molar-refractivity contribution in [2.45, 2.75) is 38.5 Å². The molecule has 0 unspecified atom stereocenters. The largest absolute Gasteiger partial charge is 0.398 e. The standard InChI is InChI=1S/C15H19N3O/c1-10-6-8-11(9-7-10)15-17-14(18-19-15)12-4-2-3-5-13(12)16/h2-5,10-11H,6-9,16H2,1H3. The highest BCUT2D eigenvalue weighted by Crippen LogP contribution is 2.35. The Labute approximate surface area is 113 Å². The van der Waals surface area contributed by atoms with Gasteiger partial charge in [-0.3, -0.25) is 0 Å². The molecule has 1 aliphatic rings. The van der Waals surface area contributed by atoms with Crippen molar-refractivity contribution in [3.63, 3.8) is 0 Å². The maximum atomic E-state index is 5.94. The molecule has 2 aromatic rings. The maximum absolute atomic E-state index is 5.94. The lowest BCUT2D eigenvalue weighted by Gasteiger charge is -2.23. The van der Waals surface area contributed by atoms with E-state index >= 15 is 0 Å². The molecule has 0 bridgehead atoms. The van der Waals surface area contributed by atoms with E-state index in [0.717, 1.165) is 30.2 Å². The highest BCUT2D eigenvalue weighted by atomic mass is 16.5. The van der Waals surface area contributed by atoms with Crippen molar-refractivity contribution in [1.82, 2.24) is 10.1 Å². The predicted octanol–water partition coefficient (Wildman–Crippen LogP) is 3.61. The first-order chi connectivity index (χ1) is 9.24. The van der Waals surface area contributed by atoms with E-state index in [2.05, 4.69) is 17.1 Å². The zero-order chi connectivity index (χ0) is 13.2. The number of hydrogen-bond acceptors (Lipinski definition) is 4. The third-order valence-electron chi connectivity index (χ3n) is 4.01. The van der Waals surface area contributed by atoms with Crippen LogP contribution in [0, 0.1) is 5.92 Å². The maximum Gasteiger partial charge on any atom is 0.230 e. The Balaban J connectivity index is 1.82. The Bertz CT molecular complexity index is 556. The lowest BCUT2D eigenvalue weighted by atomic mass is 9.83. The van der Waals surface area contributed by atoms with Crippen LogP contribution in [0.25, 0.3) is 11.4 Å². The van der Waals surface area contributed by atoms with Crippen LogP contribution in [0.1, 0.15) is 44.4 Å². The molecule has 4 heteroatoms. The van der Waals surface area contributed by atoms with Gasteiger partial charge in [-0.2, -0.15) is 4.98 Å². The van der Waals surface area contributed by atoms with Crippen molar-refractivity contribution in [2.75, 3.05) is 5.73 Å². The van der Waals surface area contributed by atoms with E-state index in [1.165, 1.54) is 12.8 Å². The van der Waals surface area contributed by atoms with E-state index in [0.29, 0.717) is 17.4 Å². The average molecular weight is 257 g/mol. The molecule has 0 atom stereocenters. The highest BCUT2D eigenvalue weighted by molar-refractivity contribution is 5.70. The molecule has 19 heavy (non-hydrogen) atoms. The van der Waals surface area contributed by atoms with Crippen molar-refractivity contribution >= 4 is 5.69 Å². The molecule has 1 saturated carbocycles. The van der Waals surface area contributed by atoms with Gasteiger partial charge in [0.25, 0.3) is 0 Å². The minimum Gasteiger partial charge on any atom is -0.398 e. The second kappa shape index (κ2) is 5.03. The van der Waals surface area contributed by atoms with E-state index in [1.54, 1.807) is 0 Å². The number of rotatable bonds is 2. The molecule has 0 amide bonds. The molecule has 1 heterocycles. The summed E-state index contributed by atoms with van der Waals surface area (Å²) in [5, 5.41) is 4.08. The minimum atomic E-state index is 0.419. The van der Waals surface area contributed by atoms with E-state index in [-0.39, 0.29) is 0 Å². The molecule has 0 radical (unpaired) electrons. The number of hydrogen-bond donors (Lipinski definition) is 1. The molecule has 0 aliphatic heterocycles. The molecule has 100 valence electrons. The van der Waals surface area contributed by atoms with E-state index in [1.807, 2.05) is 24.3 Å². The summed E-state index contributed by atoms with van der Waals surface area (Å²) in [4.78, 5) is 4.53. The second-order valence-corrected chi connectivity index (χ2v) is 5.50. The molecule has 1 aliphatic carbocycles. The van der Waals surface area contributed by atoms with Gasteiger partial charge in [0.15, 0.2) is 0 Å². The Hall–Kier alpha value is -1.84. The lowest BCUT2D eigenvalue weighted by molar-refractivity contribution is 0.281. The molecule has 1 fully saturated rings. The minimum absolute atomic E-state index is 0.419. The predicted molar refractivity (Wildman–Crippen MR) is 74.5 cm³/mol. The van der Waals surface area contributed by atoms with Crippen molar-refractivity contribution in [3.8, 4) is 11.4 Å². The van der Waals surface area contributed by atoms with Gasteiger partial charge < -0.3 is 10.3 Å².